The van der Waals surface area contributed by atoms with Gasteiger partial charge in [-0.3, -0.25) is 4.79 Å². The minimum atomic E-state index is -3.94. The Hall–Kier alpha value is -3.46. The number of hydrogen-bond acceptors (Lipinski definition) is 3. The van der Waals surface area contributed by atoms with Crippen LogP contribution in [-0.4, -0.2) is 23.3 Å². The minimum absolute atomic E-state index is 0.0438. The van der Waals surface area contributed by atoms with E-state index in [0.717, 1.165) is 33.2 Å². The van der Waals surface area contributed by atoms with Crippen LogP contribution in [0.15, 0.2) is 72.0 Å². The number of amides is 1. The van der Waals surface area contributed by atoms with Gasteiger partial charge in [-0.05, 0) is 42.5 Å². The molecule has 0 aliphatic heterocycles. The van der Waals surface area contributed by atoms with E-state index in [1.807, 2.05) is 0 Å². The molecule has 4 aromatic rings. The smallest absolute Gasteiger partial charge is 0.267 e. The monoisotopic (exact) mass is 401 g/mol. The number of carbonyl (C=O) groups excluding carboxylic acids is 1. The average Bonchev–Trinajstić information content (AvgIpc) is 3.33. The third-order valence-corrected chi connectivity index (χ3v) is 5.86. The number of para-hydroxylation sites is 1. The van der Waals surface area contributed by atoms with Crippen molar-refractivity contribution in [3.05, 3.63) is 84.3 Å². The lowest BCUT2D eigenvalue weighted by atomic mass is 10.2. The molecule has 6 nitrogen and oxygen atoms in total. The highest BCUT2D eigenvalue weighted by molar-refractivity contribution is 7.90. The van der Waals surface area contributed by atoms with Crippen LogP contribution in [0.1, 0.15) is 10.4 Å². The SMILES string of the molecule is O=C(Nc1c(F)cccc1F)c1ccn(S(=O)(=O)c2ccc3[nH]ccc3c2)c1. The number of aromatic nitrogens is 2. The van der Waals surface area contributed by atoms with Crippen molar-refractivity contribution in [2.24, 2.45) is 0 Å². The predicted octanol–water partition coefficient (Wildman–Crippen LogP) is 3.74. The van der Waals surface area contributed by atoms with Crippen molar-refractivity contribution in [2.75, 3.05) is 5.32 Å². The highest BCUT2D eigenvalue weighted by atomic mass is 32.2. The van der Waals surface area contributed by atoms with Gasteiger partial charge in [0.2, 0.25) is 0 Å². The molecule has 9 heteroatoms. The van der Waals surface area contributed by atoms with Crippen molar-refractivity contribution in [2.45, 2.75) is 4.90 Å². The first-order chi connectivity index (χ1) is 13.4. The van der Waals surface area contributed by atoms with Crippen molar-refractivity contribution in [1.29, 1.82) is 0 Å². The van der Waals surface area contributed by atoms with Crippen LogP contribution < -0.4 is 5.32 Å². The molecular formula is C19H13F2N3O3S. The van der Waals surface area contributed by atoms with Gasteiger partial charge in [-0.15, -0.1) is 0 Å². The van der Waals surface area contributed by atoms with E-state index in [2.05, 4.69) is 10.3 Å². The molecule has 2 aromatic heterocycles. The molecule has 0 aliphatic carbocycles. The van der Waals surface area contributed by atoms with E-state index in [1.54, 1.807) is 18.3 Å². The van der Waals surface area contributed by atoms with Crippen molar-refractivity contribution >= 4 is 32.5 Å². The first kappa shape index (κ1) is 17.9. The molecule has 0 atom stereocenters. The second-order valence-corrected chi connectivity index (χ2v) is 7.86. The van der Waals surface area contributed by atoms with Gasteiger partial charge in [0.25, 0.3) is 15.9 Å². The van der Waals surface area contributed by atoms with Crippen LogP contribution in [-0.2, 0) is 10.0 Å². The molecule has 28 heavy (non-hydrogen) atoms. The Morgan fingerprint density at radius 1 is 1.04 bits per heavy atom. The maximum atomic E-state index is 13.7. The number of H-pyrrole nitrogens is 1. The van der Waals surface area contributed by atoms with Crippen LogP contribution in [0.3, 0.4) is 0 Å². The number of carbonyl (C=O) groups is 1. The molecule has 0 saturated heterocycles. The fraction of sp³-hybridized carbons (Fsp3) is 0. The summed E-state index contributed by atoms with van der Waals surface area (Å²) in [7, 11) is -3.94. The van der Waals surface area contributed by atoms with Crippen LogP contribution in [0.2, 0.25) is 0 Å². The number of aromatic amines is 1. The minimum Gasteiger partial charge on any atom is -0.361 e. The lowest BCUT2D eigenvalue weighted by Crippen LogP contribution is -2.15. The van der Waals surface area contributed by atoms with Crippen LogP contribution in [0, 0.1) is 11.6 Å². The standard InChI is InChI=1S/C19H13F2N3O3S/c20-15-2-1-3-16(21)18(15)23-19(25)13-7-9-24(11-13)28(26,27)14-4-5-17-12(10-14)6-8-22-17/h1-11,22H,(H,23,25). The maximum Gasteiger partial charge on any atom is 0.267 e. The highest BCUT2D eigenvalue weighted by Gasteiger charge is 2.20. The molecule has 2 aromatic carbocycles. The molecule has 2 N–H and O–H groups in total. The van der Waals surface area contributed by atoms with Gasteiger partial charge in [-0.1, -0.05) is 6.07 Å². The van der Waals surface area contributed by atoms with Crippen LogP contribution in [0.25, 0.3) is 10.9 Å². The van der Waals surface area contributed by atoms with E-state index in [4.69, 9.17) is 0 Å². The van der Waals surface area contributed by atoms with E-state index in [-0.39, 0.29) is 10.5 Å². The van der Waals surface area contributed by atoms with E-state index in [9.17, 15) is 22.0 Å². The Bertz CT molecular complexity index is 1290. The first-order valence-corrected chi connectivity index (χ1v) is 9.56. The summed E-state index contributed by atoms with van der Waals surface area (Å²) in [6.07, 6.45) is 3.98. The summed E-state index contributed by atoms with van der Waals surface area (Å²) in [6.45, 7) is 0. The Labute approximate surface area is 158 Å². The van der Waals surface area contributed by atoms with E-state index in [0.29, 0.717) is 0 Å². The molecular weight excluding hydrogens is 388 g/mol. The highest BCUT2D eigenvalue weighted by Crippen LogP contribution is 2.22. The first-order valence-electron chi connectivity index (χ1n) is 8.12. The number of nitrogens with zero attached hydrogens (tertiary/aromatic N) is 1. The fourth-order valence-electron chi connectivity index (χ4n) is 2.78. The summed E-state index contributed by atoms with van der Waals surface area (Å²) in [4.78, 5) is 15.3. The number of fused-ring (bicyclic) bond motifs is 1. The van der Waals surface area contributed by atoms with Gasteiger partial charge in [0, 0.05) is 29.5 Å². The molecule has 0 unspecified atom stereocenters. The second-order valence-electron chi connectivity index (χ2n) is 6.01. The number of nitrogens with one attached hydrogen (secondary N) is 2. The molecule has 0 radical (unpaired) electrons. The molecule has 142 valence electrons. The van der Waals surface area contributed by atoms with E-state index >= 15 is 0 Å². The number of benzene rings is 2. The Morgan fingerprint density at radius 2 is 1.79 bits per heavy atom. The lowest BCUT2D eigenvalue weighted by Gasteiger charge is -2.07. The van der Waals surface area contributed by atoms with Crippen molar-refractivity contribution in [3.8, 4) is 0 Å². The van der Waals surface area contributed by atoms with Crippen molar-refractivity contribution in [1.82, 2.24) is 8.96 Å². The summed E-state index contributed by atoms with van der Waals surface area (Å²) < 4.78 is 53.9. The quantitative estimate of drug-likeness (QED) is 0.546. The Balaban J connectivity index is 1.63. The lowest BCUT2D eigenvalue weighted by molar-refractivity contribution is 0.102. The third kappa shape index (κ3) is 3.05. The van der Waals surface area contributed by atoms with Crippen LogP contribution in [0.5, 0.6) is 0 Å². The molecule has 0 aliphatic rings. The van der Waals surface area contributed by atoms with Crippen molar-refractivity contribution < 1.29 is 22.0 Å². The zero-order chi connectivity index (χ0) is 19.9. The molecule has 0 saturated carbocycles. The second kappa shape index (κ2) is 6.61. The average molecular weight is 401 g/mol. The van der Waals surface area contributed by atoms with Gasteiger partial charge in [-0.25, -0.2) is 21.2 Å². The van der Waals surface area contributed by atoms with Gasteiger partial charge in [0.15, 0.2) is 0 Å². The number of halogens is 2. The molecule has 0 fully saturated rings. The van der Waals surface area contributed by atoms with Gasteiger partial charge in [0.1, 0.15) is 17.3 Å². The summed E-state index contributed by atoms with van der Waals surface area (Å²) >= 11 is 0. The largest absolute Gasteiger partial charge is 0.361 e. The zero-order valence-corrected chi connectivity index (χ0v) is 15.0. The fourth-order valence-corrected chi connectivity index (χ4v) is 4.01. The normalized spacial score (nSPS) is 11.6. The van der Waals surface area contributed by atoms with E-state index < -0.39 is 33.3 Å². The topological polar surface area (TPSA) is 84.0 Å². The van der Waals surface area contributed by atoms with Gasteiger partial charge in [-0.2, -0.15) is 0 Å². The molecule has 0 spiro atoms. The Morgan fingerprint density at radius 3 is 2.54 bits per heavy atom. The van der Waals surface area contributed by atoms with Crippen molar-refractivity contribution in [3.63, 3.8) is 0 Å². The maximum absolute atomic E-state index is 13.7. The summed E-state index contributed by atoms with van der Waals surface area (Å²) in [5, 5.41) is 2.84. The molecule has 4 rings (SSSR count). The summed E-state index contributed by atoms with van der Waals surface area (Å²) in [5.41, 5.74) is 0.133. The van der Waals surface area contributed by atoms with Crippen LogP contribution in [0.4, 0.5) is 14.5 Å². The predicted molar refractivity (Wildman–Crippen MR) is 99.6 cm³/mol. The van der Waals surface area contributed by atoms with Gasteiger partial charge < -0.3 is 10.3 Å². The summed E-state index contributed by atoms with van der Waals surface area (Å²) in [6, 6.07) is 10.8. The number of rotatable bonds is 4. The molecule has 0 bridgehead atoms. The molecule has 2 heterocycles. The van der Waals surface area contributed by atoms with Gasteiger partial charge in [0.05, 0.1) is 10.5 Å². The van der Waals surface area contributed by atoms with Crippen LogP contribution >= 0.6 is 0 Å². The molecule has 1 amide bonds. The van der Waals surface area contributed by atoms with Gasteiger partial charge >= 0.3 is 0 Å². The Kier molecular flexibility index (Phi) is 4.23. The number of hydrogen-bond donors (Lipinski definition) is 2. The zero-order valence-electron chi connectivity index (χ0n) is 14.2. The van der Waals surface area contributed by atoms with E-state index in [1.165, 1.54) is 30.5 Å². The third-order valence-electron chi connectivity index (χ3n) is 4.23. The number of anilines is 1. The summed E-state index contributed by atoms with van der Waals surface area (Å²) in [5.74, 6) is -2.69.